The molecule has 19 heteroatoms. The number of rotatable bonds is 62. The van der Waals surface area contributed by atoms with Crippen LogP contribution in [0.2, 0.25) is 0 Å². The van der Waals surface area contributed by atoms with Crippen LogP contribution in [-0.4, -0.2) is 96.7 Å². The van der Waals surface area contributed by atoms with Gasteiger partial charge in [-0.1, -0.05) is 260 Å². The fourth-order valence-corrected chi connectivity index (χ4v) is 11.0. The zero-order valence-corrected chi connectivity index (χ0v) is 55.4. The van der Waals surface area contributed by atoms with E-state index < -0.39 is 97.5 Å². The van der Waals surface area contributed by atoms with Gasteiger partial charge >= 0.3 is 39.5 Å². The van der Waals surface area contributed by atoms with Crippen LogP contribution in [0, 0.1) is 17.8 Å². The van der Waals surface area contributed by atoms with Crippen LogP contribution in [0.5, 0.6) is 0 Å². The van der Waals surface area contributed by atoms with Crippen molar-refractivity contribution in [3.8, 4) is 0 Å². The Morgan fingerprint density at radius 2 is 0.614 bits per heavy atom. The first-order valence-corrected chi connectivity index (χ1v) is 36.4. The Bertz CT molecular complexity index is 1650. The second-order valence-electron chi connectivity index (χ2n) is 24.1. The summed E-state index contributed by atoms with van der Waals surface area (Å²) < 4.78 is 68.0. The van der Waals surface area contributed by atoms with E-state index >= 15 is 0 Å². The lowest BCUT2D eigenvalue weighted by molar-refractivity contribution is -0.161. The molecule has 0 amide bonds. The molecule has 0 aromatic heterocycles. The van der Waals surface area contributed by atoms with Crippen LogP contribution in [0.15, 0.2) is 0 Å². The fourth-order valence-electron chi connectivity index (χ4n) is 9.42. The first kappa shape index (κ1) is 81.1. The molecule has 0 radical (unpaired) electrons. The second-order valence-corrected chi connectivity index (χ2v) is 27.0. The highest BCUT2D eigenvalue weighted by atomic mass is 31.2. The van der Waals surface area contributed by atoms with Crippen molar-refractivity contribution >= 4 is 39.5 Å². The summed E-state index contributed by atoms with van der Waals surface area (Å²) in [5.74, 6) is 0.0768. The van der Waals surface area contributed by atoms with Crippen LogP contribution in [0.4, 0.5) is 0 Å². The van der Waals surface area contributed by atoms with E-state index in [9.17, 15) is 43.2 Å². The topological polar surface area (TPSA) is 237 Å². The number of phosphoric acid groups is 2. The standard InChI is InChI=1S/C64H124O17P2/c1-8-11-12-13-14-18-22-31-38-45-61(66)74-51-60(81-64(69)48-41-34-27-25-30-37-44-57(7)10-3)54-79-83(72,73)77-50-58(65)49-76-82(70,71)78-53-59(52-75-62(67)46-39-32-26-24-29-36-43-56(6)9-2)80-63(68)47-40-33-23-20-17-15-16-19-21-28-35-42-55(4)5/h55-60,65H,8-54H2,1-7H3,(H,70,71)(H,72,73)/t56?,57?,58-,59-,60-/m1/s1. The molecule has 0 bridgehead atoms. The molecule has 0 aliphatic carbocycles. The Balaban J connectivity index is 5.25. The molecule has 0 rings (SSSR count). The number of aliphatic hydroxyl groups excluding tert-OH is 1. The third-order valence-electron chi connectivity index (χ3n) is 15.4. The van der Waals surface area contributed by atoms with Gasteiger partial charge in [0.2, 0.25) is 0 Å². The summed E-state index contributed by atoms with van der Waals surface area (Å²) in [6.07, 6.45) is 36.2. The minimum atomic E-state index is -4.95. The first-order valence-electron chi connectivity index (χ1n) is 33.4. The number of unbranched alkanes of at least 4 members (excludes halogenated alkanes) is 28. The summed E-state index contributed by atoms with van der Waals surface area (Å²) in [5, 5.41) is 10.5. The maximum atomic E-state index is 13.0. The van der Waals surface area contributed by atoms with Gasteiger partial charge in [-0.05, 0) is 43.4 Å². The molecule has 492 valence electrons. The zero-order chi connectivity index (χ0) is 61.7. The van der Waals surface area contributed by atoms with Crippen LogP contribution in [0.3, 0.4) is 0 Å². The first-order chi connectivity index (χ1) is 39.8. The number of carbonyl (C=O) groups excluding carboxylic acids is 4. The van der Waals surface area contributed by atoms with Gasteiger partial charge in [0.25, 0.3) is 0 Å². The number of phosphoric ester groups is 2. The van der Waals surface area contributed by atoms with Crippen molar-refractivity contribution in [1.29, 1.82) is 0 Å². The summed E-state index contributed by atoms with van der Waals surface area (Å²) in [6, 6.07) is 0. The molecule has 0 aromatic rings. The number of carbonyl (C=O) groups is 4. The predicted molar refractivity (Wildman–Crippen MR) is 331 cm³/mol. The highest BCUT2D eigenvalue weighted by molar-refractivity contribution is 7.47. The lowest BCUT2D eigenvalue weighted by atomic mass is 10.00. The number of hydrogen-bond donors (Lipinski definition) is 3. The molecule has 83 heavy (non-hydrogen) atoms. The Kier molecular flexibility index (Phi) is 54.1. The molecule has 0 spiro atoms. The maximum absolute atomic E-state index is 13.0. The molecule has 4 unspecified atom stereocenters. The van der Waals surface area contributed by atoms with Gasteiger partial charge in [-0.15, -0.1) is 0 Å². The molecule has 0 aliphatic rings. The van der Waals surface area contributed by atoms with Crippen LogP contribution < -0.4 is 0 Å². The average Bonchev–Trinajstić information content (AvgIpc) is 3.47. The van der Waals surface area contributed by atoms with E-state index in [2.05, 4.69) is 48.5 Å². The predicted octanol–water partition coefficient (Wildman–Crippen LogP) is 17.5. The molecule has 0 aromatic carbocycles. The number of aliphatic hydroxyl groups is 1. The van der Waals surface area contributed by atoms with Crippen molar-refractivity contribution in [2.45, 2.75) is 330 Å². The summed E-state index contributed by atoms with van der Waals surface area (Å²) in [4.78, 5) is 72.2. The van der Waals surface area contributed by atoms with Gasteiger partial charge in [-0.25, -0.2) is 9.13 Å². The smallest absolute Gasteiger partial charge is 0.462 e. The third-order valence-corrected chi connectivity index (χ3v) is 17.3. The molecular formula is C64H124O17P2. The molecule has 0 saturated heterocycles. The summed E-state index contributed by atoms with van der Waals surface area (Å²) >= 11 is 0. The average molecular weight is 1230 g/mol. The van der Waals surface area contributed by atoms with Gasteiger partial charge in [0.05, 0.1) is 26.4 Å². The van der Waals surface area contributed by atoms with Gasteiger partial charge in [0.1, 0.15) is 19.3 Å². The van der Waals surface area contributed by atoms with Gasteiger partial charge < -0.3 is 33.8 Å². The molecule has 0 heterocycles. The highest BCUT2D eigenvalue weighted by Crippen LogP contribution is 2.45. The summed E-state index contributed by atoms with van der Waals surface area (Å²) in [6.45, 7) is 11.7. The third kappa shape index (κ3) is 56.3. The van der Waals surface area contributed by atoms with Crippen molar-refractivity contribution in [2.24, 2.45) is 17.8 Å². The van der Waals surface area contributed by atoms with Crippen molar-refractivity contribution in [3.05, 3.63) is 0 Å². The van der Waals surface area contributed by atoms with E-state index in [4.69, 9.17) is 37.0 Å². The van der Waals surface area contributed by atoms with E-state index in [-0.39, 0.29) is 25.7 Å². The minimum Gasteiger partial charge on any atom is -0.462 e. The van der Waals surface area contributed by atoms with Gasteiger partial charge in [-0.3, -0.25) is 37.3 Å². The second kappa shape index (κ2) is 55.4. The summed E-state index contributed by atoms with van der Waals surface area (Å²) in [5.41, 5.74) is 0. The van der Waals surface area contributed by atoms with Crippen molar-refractivity contribution in [3.63, 3.8) is 0 Å². The quantitative estimate of drug-likeness (QED) is 0.0222. The largest absolute Gasteiger partial charge is 0.472 e. The Morgan fingerprint density at radius 1 is 0.349 bits per heavy atom. The fraction of sp³-hybridized carbons (Fsp3) is 0.938. The lowest BCUT2D eigenvalue weighted by Gasteiger charge is -2.21. The zero-order valence-electron chi connectivity index (χ0n) is 53.6. The number of hydrogen-bond acceptors (Lipinski definition) is 15. The van der Waals surface area contributed by atoms with E-state index in [1.807, 2.05) is 0 Å². The van der Waals surface area contributed by atoms with Crippen LogP contribution in [0.25, 0.3) is 0 Å². The van der Waals surface area contributed by atoms with E-state index in [0.717, 1.165) is 114 Å². The molecule has 17 nitrogen and oxygen atoms in total. The minimum absolute atomic E-state index is 0.102. The van der Waals surface area contributed by atoms with Crippen molar-refractivity contribution in [2.75, 3.05) is 39.6 Å². The van der Waals surface area contributed by atoms with Crippen LogP contribution in [0.1, 0.15) is 312 Å². The molecule has 3 N–H and O–H groups in total. The normalized spacial score (nSPS) is 15.0. The Hall–Kier alpha value is -1.94. The molecule has 7 atom stereocenters. The van der Waals surface area contributed by atoms with Crippen molar-refractivity contribution in [1.82, 2.24) is 0 Å². The maximum Gasteiger partial charge on any atom is 0.472 e. The summed E-state index contributed by atoms with van der Waals surface area (Å²) in [7, 11) is -9.89. The van der Waals surface area contributed by atoms with E-state index in [1.54, 1.807) is 0 Å². The van der Waals surface area contributed by atoms with Crippen LogP contribution in [-0.2, 0) is 65.4 Å². The lowest BCUT2D eigenvalue weighted by Crippen LogP contribution is -2.30. The van der Waals surface area contributed by atoms with Gasteiger partial charge in [0, 0.05) is 25.7 Å². The van der Waals surface area contributed by atoms with E-state index in [1.165, 1.54) is 116 Å². The Labute approximate surface area is 505 Å². The SMILES string of the molecule is CCCCCCCCCCCC(=O)OC[C@H](COP(=O)(O)OC[C@H](O)COP(=O)(O)OC[C@@H](COC(=O)CCCCCCCCC(C)CC)OC(=O)CCCCCCCCCCCCCC(C)C)OC(=O)CCCCCCCCC(C)CC. The highest BCUT2D eigenvalue weighted by Gasteiger charge is 2.30. The monoisotopic (exact) mass is 1230 g/mol. The molecule has 0 aliphatic heterocycles. The number of ether oxygens (including phenoxy) is 4. The number of esters is 4. The molecule has 0 saturated carbocycles. The van der Waals surface area contributed by atoms with Gasteiger partial charge in [-0.2, -0.15) is 0 Å². The molecular weight excluding hydrogens is 1100 g/mol. The van der Waals surface area contributed by atoms with E-state index in [0.29, 0.717) is 25.7 Å². The van der Waals surface area contributed by atoms with Gasteiger partial charge in [0.15, 0.2) is 12.2 Å². The van der Waals surface area contributed by atoms with Crippen molar-refractivity contribution < 1.29 is 80.2 Å². The molecule has 0 fully saturated rings. The Morgan fingerprint density at radius 3 is 0.916 bits per heavy atom. The van der Waals surface area contributed by atoms with Crippen LogP contribution >= 0.6 is 15.6 Å².